The van der Waals surface area contributed by atoms with Gasteiger partial charge in [-0.25, -0.2) is 9.97 Å². The maximum Gasteiger partial charge on any atom is 0.225 e. The Hall–Kier alpha value is -1.73. The second kappa shape index (κ2) is 8.21. The van der Waals surface area contributed by atoms with Gasteiger partial charge in [0.15, 0.2) is 0 Å². The highest BCUT2D eigenvalue weighted by Crippen LogP contribution is 2.14. The first-order chi connectivity index (χ1) is 11.3. The smallest absolute Gasteiger partial charge is 0.225 e. The van der Waals surface area contributed by atoms with Crippen molar-refractivity contribution >= 4 is 11.7 Å². The molecule has 1 aromatic heterocycles. The van der Waals surface area contributed by atoms with E-state index < -0.39 is 0 Å². The Labute approximate surface area is 137 Å². The molecule has 2 aliphatic rings. The van der Waals surface area contributed by atoms with Crippen LogP contribution in [0, 0.1) is 0 Å². The van der Waals surface area contributed by atoms with Gasteiger partial charge in [0.2, 0.25) is 5.91 Å². The summed E-state index contributed by atoms with van der Waals surface area (Å²) in [5, 5.41) is 3.46. The summed E-state index contributed by atoms with van der Waals surface area (Å²) in [6.07, 6.45) is 6.04. The van der Waals surface area contributed by atoms with Gasteiger partial charge in [-0.2, -0.15) is 0 Å². The lowest BCUT2D eigenvalue weighted by molar-refractivity contribution is -0.130. The third-order valence-corrected chi connectivity index (χ3v) is 4.53. The molecule has 0 unspecified atom stereocenters. The Bertz CT molecular complexity index is 491. The summed E-state index contributed by atoms with van der Waals surface area (Å²) >= 11 is 0. The van der Waals surface area contributed by atoms with Crippen molar-refractivity contribution in [3.63, 3.8) is 0 Å². The van der Waals surface area contributed by atoms with Gasteiger partial charge in [0, 0.05) is 45.0 Å². The van der Waals surface area contributed by atoms with E-state index in [1.807, 2.05) is 11.0 Å². The van der Waals surface area contributed by atoms with Crippen LogP contribution in [0.3, 0.4) is 0 Å². The van der Waals surface area contributed by atoms with Crippen LogP contribution in [0.4, 0.5) is 5.82 Å². The first kappa shape index (κ1) is 16.1. The van der Waals surface area contributed by atoms with Crippen molar-refractivity contribution in [2.24, 2.45) is 0 Å². The minimum atomic E-state index is 0.225. The van der Waals surface area contributed by atoms with E-state index in [1.54, 1.807) is 12.5 Å². The van der Waals surface area contributed by atoms with Gasteiger partial charge in [-0.3, -0.25) is 4.79 Å². The van der Waals surface area contributed by atoms with Crippen molar-refractivity contribution in [1.29, 1.82) is 0 Å². The van der Waals surface area contributed by atoms with Crippen molar-refractivity contribution in [1.82, 2.24) is 19.8 Å². The maximum atomic E-state index is 11.9. The molecule has 0 atom stereocenters. The molecule has 1 aromatic rings. The van der Waals surface area contributed by atoms with Crippen LogP contribution in [0.25, 0.3) is 0 Å². The number of piperidine rings is 1. The molecule has 0 saturated carbocycles. The Morgan fingerprint density at radius 3 is 2.87 bits per heavy atom. The fraction of sp³-hybridized carbons (Fsp3) is 0.688. The van der Waals surface area contributed by atoms with Crippen LogP contribution in [0.15, 0.2) is 18.6 Å². The number of carbonyl (C=O) groups is 1. The number of ether oxygens (including phenoxy) is 1. The molecule has 2 fully saturated rings. The third kappa shape index (κ3) is 4.87. The highest BCUT2D eigenvalue weighted by Gasteiger charge is 2.21. The summed E-state index contributed by atoms with van der Waals surface area (Å²) in [6.45, 7) is 5.83. The number of likely N-dealkylation sites (tertiary alicyclic amines) is 1. The highest BCUT2D eigenvalue weighted by atomic mass is 16.5. The first-order valence-electron chi connectivity index (χ1n) is 8.42. The molecule has 0 aliphatic carbocycles. The Morgan fingerprint density at radius 2 is 2.09 bits per heavy atom. The Kier molecular flexibility index (Phi) is 5.76. The normalized spacial score (nSPS) is 21.2. The monoisotopic (exact) mass is 319 g/mol. The second-order valence-corrected chi connectivity index (χ2v) is 6.10. The molecule has 3 heterocycles. The van der Waals surface area contributed by atoms with Gasteiger partial charge in [0.05, 0.1) is 19.6 Å². The number of carbonyl (C=O) groups excluding carboxylic acids is 1. The minimum Gasteiger partial charge on any atom is -0.379 e. The molecular weight excluding hydrogens is 294 g/mol. The van der Waals surface area contributed by atoms with Crippen molar-refractivity contribution in [3.8, 4) is 0 Å². The van der Waals surface area contributed by atoms with Gasteiger partial charge < -0.3 is 19.9 Å². The minimum absolute atomic E-state index is 0.225. The highest BCUT2D eigenvalue weighted by molar-refractivity contribution is 5.76. The number of amides is 1. The van der Waals surface area contributed by atoms with Crippen LogP contribution in [-0.2, 0) is 9.53 Å². The van der Waals surface area contributed by atoms with Crippen molar-refractivity contribution in [2.75, 3.05) is 51.3 Å². The Balaban J connectivity index is 1.38. The number of rotatable bonds is 5. The zero-order chi connectivity index (χ0) is 15.9. The maximum absolute atomic E-state index is 11.9. The molecule has 126 valence electrons. The van der Waals surface area contributed by atoms with E-state index >= 15 is 0 Å². The number of anilines is 1. The van der Waals surface area contributed by atoms with Crippen LogP contribution in [0.2, 0.25) is 0 Å². The van der Waals surface area contributed by atoms with Crippen molar-refractivity contribution in [3.05, 3.63) is 18.6 Å². The number of nitrogens with zero attached hydrogens (tertiary/aromatic N) is 4. The molecular formula is C16H25N5O2. The molecule has 23 heavy (non-hydrogen) atoms. The van der Waals surface area contributed by atoms with E-state index in [-0.39, 0.29) is 5.91 Å². The lowest BCUT2D eigenvalue weighted by Crippen LogP contribution is -2.44. The van der Waals surface area contributed by atoms with E-state index in [0.29, 0.717) is 25.7 Å². The summed E-state index contributed by atoms with van der Waals surface area (Å²) in [4.78, 5) is 24.5. The first-order valence-corrected chi connectivity index (χ1v) is 8.42. The van der Waals surface area contributed by atoms with Crippen LogP contribution in [0.1, 0.15) is 19.3 Å². The number of hydrogen-bond donors (Lipinski definition) is 1. The Morgan fingerprint density at radius 1 is 1.22 bits per heavy atom. The fourth-order valence-electron chi connectivity index (χ4n) is 3.10. The van der Waals surface area contributed by atoms with Crippen LogP contribution < -0.4 is 5.32 Å². The number of hydrogen-bond acceptors (Lipinski definition) is 6. The second-order valence-electron chi connectivity index (χ2n) is 6.10. The summed E-state index contributed by atoms with van der Waals surface area (Å²) < 4.78 is 5.36. The summed E-state index contributed by atoms with van der Waals surface area (Å²) in [6, 6.07) is 2.37. The van der Waals surface area contributed by atoms with Gasteiger partial charge in [0.25, 0.3) is 0 Å². The molecule has 0 radical (unpaired) electrons. The third-order valence-electron chi connectivity index (χ3n) is 4.53. The average Bonchev–Trinajstić information content (AvgIpc) is 2.79. The van der Waals surface area contributed by atoms with E-state index in [4.69, 9.17) is 4.74 Å². The van der Waals surface area contributed by atoms with Crippen molar-refractivity contribution in [2.45, 2.75) is 25.3 Å². The van der Waals surface area contributed by atoms with Gasteiger partial charge in [0.1, 0.15) is 12.1 Å². The van der Waals surface area contributed by atoms with Crippen molar-refractivity contribution < 1.29 is 9.53 Å². The topological polar surface area (TPSA) is 70.6 Å². The summed E-state index contributed by atoms with van der Waals surface area (Å²) in [7, 11) is 0. The standard InChI is InChI=1S/C16H25N5O2/c22-16-4-11-23-12-10-21(16)9-8-20-6-2-14(3-7-20)19-15-1-5-17-13-18-15/h1,5,13-14H,2-4,6-12H2,(H,17,18,19). The van der Waals surface area contributed by atoms with E-state index in [0.717, 1.165) is 51.4 Å². The number of nitrogens with one attached hydrogen (secondary N) is 1. The predicted molar refractivity (Wildman–Crippen MR) is 87.1 cm³/mol. The van der Waals surface area contributed by atoms with Gasteiger partial charge >= 0.3 is 0 Å². The lowest BCUT2D eigenvalue weighted by atomic mass is 10.1. The molecule has 2 saturated heterocycles. The zero-order valence-corrected chi connectivity index (χ0v) is 13.5. The molecule has 0 aromatic carbocycles. The van der Waals surface area contributed by atoms with Crippen LogP contribution >= 0.6 is 0 Å². The fourth-order valence-corrected chi connectivity index (χ4v) is 3.10. The molecule has 0 bridgehead atoms. The van der Waals surface area contributed by atoms with E-state index in [9.17, 15) is 4.79 Å². The number of aromatic nitrogens is 2. The predicted octanol–water partition coefficient (Wildman–Crippen LogP) is 0.602. The molecule has 0 spiro atoms. The van der Waals surface area contributed by atoms with Gasteiger partial charge in [-0.15, -0.1) is 0 Å². The SMILES string of the molecule is O=C1CCOCCN1CCN1CCC(Nc2ccncn2)CC1. The molecule has 7 nitrogen and oxygen atoms in total. The summed E-state index contributed by atoms with van der Waals surface area (Å²) in [5.74, 6) is 1.12. The molecule has 3 rings (SSSR count). The largest absolute Gasteiger partial charge is 0.379 e. The zero-order valence-electron chi connectivity index (χ0n) is 13.5. The molecule has 2 aliphatic heterocycles. The molecule has 7 heteroatoms. The van der Waals surface area contributed by atoms with E-state index in [2.05, 4.69) is 20.2 Å². The summed E-state index contributed by atoms with van der Waals surface area (Å²) in [5.41, 5.74) is 0. The van der Waals surface area contributed by atoms with Gasteiger partial charge in [-0.1, -0.05) is 0 Å². The van der Waals surface area contributed by atoms with E-state index in [1.165, 1.54) is 0 Å². The van der Waals surface area contributed by atoms with Crippen LogP contribution in [0.5, 0.6) is 0 Å². The van der Waals surface area contributed by atoms with Crippen LogP contribution in [-0.4, -0.2) is 77.7 Å². The van der Waals surface area contributed by atoms with Gasteiger partial charge in [-0.05, 0) is 18.9 Å². The average molecular weight is 319 g/mol. The molecule has 1 amide bonds. The quantitative estimate of drug-likeness (QED) is 0.857. The molecule has 1 N–H and O–H groups in total. The lowest BCUT2D eigenvalue weighted by Gasteiger charge is -2.33.